The van der Waals surface area contributed by atoms with Crippen LogP contribution in [0.3, 0.4) is 0 Å². The van der Waals surface area contributed by atoms with Crippen LogP contribution in [0.5, 0.6) is 17.2 Å². The molecule has 0 atom stereocenters. The van der Waals surface area contributed by atoms with E-state index in [-0.39, 0.29) is 5.91 Å². The van der Waals surface area contributed by atoms with E-state index in [9.17, 15) is 4.79 Å². The fourth-order valence-corrected chi connectivity index (χ4v) is 4.87. The Morgan fingerprint density at radius 2 is 1.82 bits per heavy atom. The molecule has 34 heavy (non-hydrogen) atoms. The van der Waals surface area contributed by atoms with Crippen molar-refractivity contribution in [2.24, 2.45) is 0 Å². The highest BCUT2D eigenvalue weighted by atomic mass is 79.9. The summed E-state index contributed by atoms with van der Waals surface area (Å²) in [6.07, 6.45) is 4.92. The van der Waals surface area contributed by atoms with Gasteiger partial charge in [0.15, 0.2) is 16.6 Å². The van der Waals surface area contributed by atoms with Crippen LogP contribution in [0.15, 0.2) is 65.3 Å². The molecule has 2 aromatic heterocycles. The van der Waals surface area contributed by atoms with Crippen LogP contribution in [0.1, 0.15) is 11.3 Å². The third-order valence-electron chi connectivity index (χ3n) is 4.99. The van der Waals surface area contributed by atoms with Crippen LogP contribution < -0.4 is 19.1 Å². The molecule has 9 heteroatoms. The first-order valence-corrected chi connectivity index (χ1v) is 11.9. The minimum Gasteiger partial charge on any atom is -0.493 e. The third-order valence-corrected chi connectivity index (χ3v) is 6.52. The van der Waals surface area contributed by atoms with Gasteiger partial charge >= 0.3 is 0 Å². The van der Waals surface area contributed by atoms with Gasteiger partial charge in [-0.3, -0.25) is 14.7 Å². The number of carbonyl (C=O) groups is 1. The van der Waals surface area contributed by atoms with E-state index in [1.165, 1.54) is 17.4 Å². The largest absolute Gasteiger partial charge is 0.493 e. The summed E-state index contributed by atoms with van der Waals surface area (Å²) in [5.41, 5.74) is 2.32. The molecule has 0 saturated heterocycles. The van der Waals surface area contributed by atoms with Gasteiger partial charge in [0, 0.05) is 16.7 Å². The predicted molar refractivity (Wildman–Crippen MR) is 138 cm³/mol. The Kier molecular flexibility index (Phi) is 7.44. The maximum absolute atomic E-state index is 13.4. The molecule has 4 rings (SSSR count). The van der Waals surface area contributed by atoms with Gasteiger partial charge in [-0.05, 0) is 54.1 Å². The minimum absolute atomic E-state index is 0.225. The Morgan fingerprint density at radius 3 is 2.47 bits per heavy atom. The first-order chi connectivity index (χ1) is 16.5. The van der Waals surface area contributed by atoms with Crippen molar-refractivity contribution in [1.29, 1.82) is 0 Å². The number of rotatable bonds is 8. The van der Waals surface area contributed by atoms with Gasteiger partial charge in [0.25, 0.3) is 5.91 Å². The molecule has 0 radical (unpaired) electrons. The maximum atomic E-state index is 13.4. The van der Waals surface area contributed by atoms with Crippen molar-refractivity contribution in [3.05, 3.63) is 76.5 Å². The zero-order valence-electron chi connectivity index (χ0n) is 18.8. The molecule has 1 amide bonds. The second kappa shape index (κ2) is 10.7. The highest BCUT2D eigenvalue weighted by Gasteiger charge is 2.19. The summed E-state index contributed by atoms with van der Waals surface area (Å²) in [6, 6.07) is 15.0. The van der Waals surface area contributed by atoms with Crippen molar-refractivity contribution in [1.82, 2.24) is 9.97 Å². The molecule has 0 fully saturated rings. The van der Waals surface area contributed by atoms with Gasteiger partial charge in [0.05, 0.1) is 43.8 Å². The third kappa shape index (κ3) is 5.21. The fourth-order valence-electron chi connectivity index (χ4n) is 3.35. The van der Waals surface area contributed by atoms with Crippen LogP contribution in [0, 0.1) is 0 Å². The Bertz CT molecular complexity index is 1320. The highest BCUT2D eigenvalue weighted by molar-refractivity contribution is 9.10. The van der Waals surface area contributed by atoms with Gasteiger partial charge in [-0.15, -0.1) is 0 Å². The normalized spacial score (nSPS) is 11.1. The van der Waals surface area contributed by atoms with E-state index >= 15 is 0 Å². The summed E-state index contributed by atoms with van der Waals surface area (Å²) in [7, 11) is 4.65. The average molecular weight is 540 g/mol. The summed E-state index contributed by atoms with van der Waals surface area (Å²) in [5, 5.41) is 0.596. The molecule has 0 spiro atoms. The van der Waals surface area contributed by atoms with Crippen molar-refractivity contribution >= 4 is 54.6 Å². The summed E-state index contributed by atoms with van der Waals surface area (Å²) >= 11 is 4.95. The van der Waals surface area contributed by atoms with Crippen LogP contribution in [-0.4, -0.2) is 37.2 Å². The number of aromatic nitrogens is 2. The van der Waals surface area contributed by atoms with E-state index in [0.29, 0.717) is 28.9 Å². The average Bonchev–Trinajstić information content (AvgIpc) is 3.28. The van der Waals surface area contributed by atoms with E-state index in [1.54, 1.807) is 50.6 Å². The highest BCUT2D eigenvalue weighted by Crippen LogP contribution is 2.38. The molecular weight excluding hydrogens is 518 g/mol. The molecule has 7 nitrogen and oxygen atoms in total. The molecule has 4 aromatic rings. The van der Waals surface area contributed by atoms with Crippen LogP contribution in [0.2, 0.25) is 0 Å². The number of nitrogens with zero attached hydrogens (tertiary/aromatic N) is 3. The SMILES string of the molecule is COc1cc(/C=C/C(=O)N(Cc2ccccn2)c2nc3ccc(Br)cc3s2)cc(OC)c1OC. The number of hydrogen-bond acceptors (Lipinski definition) is 7. The number of hydrogen-bond donors (Lipinski definition) is 0. The zero-order valence-corrected chi connectivity index (χ0v) is 21.2. The van der Waals surface area contributed by atoms with Crippen LogP contribution in [0.25, 0.3) is 16.3 Å². The zero-order chi connectivity index (χ0) is 24.1. The van der Waals surface area contributed by atoms with Crippen LogP contribution >= 0.6 is 27.3 Å². The first kappa shape index (κ1) is 23.7. The molecule has 0 N–H and O–H groups in total. The van der Waals surface area contributed by atoms with Crippen molar-refractivity contribution in [3.63, 3.8) is 0 Å². The number of amides is 1. The van der Waals surface area contributed by atoms with Gasteiger partial charge < -0.3 is 14.2 Å². The Labute approximate surface area is 209 Å². The van der Waals surface area contributed by atoms with Gasteiger partial charge in [-0.1, -0.05) is 33.3 Å². The first-order valence-electron chi connectivity index (χ1n) is 10.3. The number of fused-ring (bicyclic) bond motifs is 1. The van der Waals surface area contributed by atoms with Gasteiger partial charge in [0.2, 0.25) is 5.75 Å². The summed E-state index contributed by atoms with van der Waals surface area (Å²) in [5.74, 6) is 1.29. The van der Waals surface area contributed by atoms with E-state index in [1.807, 2.05) is 36.4 Å². The van der Waals surface area contributed by atoms with Crippen molar-refractivity contribution in [2.45, 2.75) is 6.54 Å². The molecule has 0 unspecified atom stereocenters. The van der Waals surface area contributed by atoms with Crippen molar-refractivity contribution in [2.75, 3.05) is 26.2 Å². The maximum Gasteiger partial charge on any atom is 0.253 e. The number of anilines is 1. The molecular formula is C25H22BrN3O4S. The molecule has 2 heterocycles. The minimum atomic E-state index is -0.225. The molecule has 174 valence electrons. The predicted octanol–water partition coefficient (Wildman–Crippen LogP) is 5.73. The summed E-state index contributed by atoms with van der Waals surface area (Å²) in [6.45, 7) is 0.292. The lowest BCUT2D eigenvalue weighted by Gasteiger charge is -2.18. The number of carbonyl (C=O) groups excluding carboxylic acids is 1. The van der Waals surface area contributed by atoms with E-state index in [2.05, 4.69) is 25.9 Å². The number of pyridine rings is 1. The molecule has 2 aromatic carbocycles. The molecule has 0 aliphatic heterocycles. The number of ether oxygens (including phenoxy) is 3. The lowest BCUT2D eigenvalue weighted by atomic mass is 10.1. The Balaban J connectivity index is 1.68. The standard InChI is InChI=1S/C25H22BrN3O4S/c1-31-20-12-16(13-21(32-2)24(20)33-3)7-10-23(30)29(15-18-6-4-5-11-27-18)25-28-19-9-8-17(26)14-22(19)34-25/h4-14H,15H2,1-3H3/b10-7+. The number of halogens is 1. The summed E-state index contributed by atoms with van der Waals surface area (Å²) < 4.78 is 18.1. The molecule has 0 aliphatic carbocycles. The Morgan fingerprint density at radius 1 is 1.06 bits per heavy atom. The molecule has 0 bridgehead atoms. The lowest BCUT2D eigenvalue weighted by Crippen LogP contribution is -2.29. The monoisotopic (exact) mass is 539 g/mol. The quantitative estimate of drug-likeness (QED) is 0.266. The van der Waals surface area contributed by atoms with Crippen LogP contribution in [0.4, 0.5) is 5.13 Å². The molecule has 0 saturated carbocycles. The smallest absolute Gasteiger partial charge is 0.253 e. The number of methoxy groups -OCH3 is 3. The van der Waals surface area contributed by atoms with E-state index in [4.69, 9.17) is 14.2 Å². The van der Waals surface area contributed by atoms with Crippen molar-refractivity contribution in [3.8, 4) is 17.2 Å². The van der Waals surface area contributed by atoms with E-state index in [0.717, 1.165) is 25.9 Å². The van der Waals surface area contributed by atoms with Crippen LogP contribution in [-0.2, 0) is 11.3 Å². The second-order valence-electron chi connectivity index (χ2n) is 7.15. The topological polar surface area (TPSA) is 73.8 Å². The number of benzene rings is 2. The second-order valence-corrected chi connectivity index (χ2v) is 9.07. The van der Waals surface area contributed by atoms with E-state index < -0.39 is 0 Å². The fraction of sp³-hybridized carbons (Fsp3) is 0.160. The van der Waals surface area contributed by atoms with Crippen molar-refractivity contribution < 1.29 is 19.0 Å². The van der Waals surface area contributed by atoms with Gasteiger partial charge in [-0.25, -0.2) is 4.98 Å². The lowest BCUT2D eigenvalue weighted by molar-refractivity contribution is -0.114. The van der Waals surface area contributed by atoms with Gasteiger partial charge in [-0.2, -0.15) is 0 Å². The van der Waals surface area contributed by atoms with Gasteiger partial charge in [0.1, 0.15) is 0 Å². The Hall–Kier alpha value is -3.43. The summed E-state index contributed by atoms with van der Waals surface area (Å²) in [4.78, 5) is 24.1. The number of thiazole rings is 1. The molecule has 0 aliphatic rings.